The molecule has 0 amide bonds. The molecule has 3 unspecified atom stereocenters. The number of hydrogen-bond acceptors (Lipinski definition) is 2. The fraction of sp³-hybridized carbons (Fsp3) is 1.00. The molecule has 1 saturated heterocycles. The van der Waals surface area contributed by atoms with Crippen molar-refractivity contribution < 1.29 is 8.42 Å². The zero-order chi connectivity index (χ0) is 11.6. The molecule has 0 saturated carbocycles. The van der Waals surface area contributed by atoms with E-state index in [4.69, 9.17) is 11.6 Å². The van der Waals surface area contributed by atoms with Crippen LogP contribution in [0, 0.1) is 5.92 Å². The highest BCUT2D eigenvalue weighted by Gasteiger charge is 2.34. The lowest BCUT2D eigenvalue weighted by Crippen LogP contribution is -2.47. The Hall–Kier alpha value is 0.200. The molecule has 1 aliphatic rings. The minimum atomic E-state index is -3.18. The van der Waals surface area contributed by atoms with Gasteiger partial charge < -0.3 is 0 Å². The van der Waals surface area contributed by atoms with E-state index in [1.165, 1.54) is 0 Å². The fourth-order valence-electron chi connectivity index (χ4n) is 2.07. The second-order valence-electron chi connectivity index (χ2n) is 4.60. The third-order valence-electron chi connectivity index (χ3n) is 3.13. The lowest BCUT2D eigenvalue weighted by molar-refractivity contribution is 0.219. The first kappa shape index (κ1) is 13.3. The van der Waals surface area contributed by atoms with Crippen LogP contribution >= 0.6 is 11.6 Å². The molecule has 1 heterocycles. The van der Waals surface area contributed by atoms with Crippen LogP contribution in [-0.2, 0) is 10.0 Å². The minimum Gasteiger partial charge on any atom is -0.212 e. The molecule has 0 aromatic carbocycles. The number of hydrogen-bond donors (Lipinski definition) is 0. The van der Waals surface area contributed by atoms with Crippen LogP contribution in [0.2, 0.25) is 0 Å². The van der Waals surface area contributed by atoms with Gasteiger partial charge in [0.25, 0.3) is 0 Å². The van der Waals surface area contributed by atoms with Gasteiger partial charge in [-0.2, -0.15) is 4.31 Å². The van der Waals surface area contributed by atoms with Crippen LogP contribution in [0.1, 0.15) is 33.6 Å². The van der Waals surface area contributed by atoms with Crippen molar-refractivity contribution in [1.82, 2.24) is 4.31 Å². The van der Waals surface area contributed by atoms with E-state index in [1.807, 2.05) is 6.92 Å². The summed E-state index contributed by atoms with van der Waals surface area (Å²) in [6, 6.07) is 0.115. The largest absolute Gasteiger partial charge is 0.218 e. The molecule has 1 aliphatic heterocycles. The molecule has 1 rings (SSSR count). The SMILES string of the molecule is CC1CCN(S(=O)(=O)C(C)CCl)C(C)C1. The molecule has 3 nitrogen and oxygen atoms in total. The van der Waals surface area contributed by atoms with Crippen molar-refractivity contribution in [2.24, 2.45) is 5.92 Å². The van der Waals surface area contributed by atoms with Crippen LogP contribution in [0.5, 0.6) is 0 Å². The van der Waals surface area contributed by atoms with Gasteiger partial charge in [0.2, 0.25) is 10.0 Å². The van der Waals surface area contributed by atoms with Gasteiger partial charge in [-0.3, -0.25) is 0 Å². The Kier molecular flexibility index (Phi) is 4.44. The molecule has 0 aromatic heterocycles. The summed E-state index contributed by atoms with van der Waals surface area (Å²) >= 11 is 5.63. The van der Waals surface area contributed by atoms with Gasteiger partial charge in [-0.05, 0) is 32.6 Å². The quantitative estimate of drug-likeness (QED) is 0.722. The summed E-state index contributed by atoms with van der Waals surface area (Å²) in [5.41, 5.74) is 0. The Morgan fingerprint density at radius 1 is 1.47 bits per heavy atom. The molecule has 0 aliphatic carbocycles. The van der Waals surface area contributed by atoms with Crippen molar-refractivity contribution in [3.05, 3.63) is 0 Å². The van der Waals surface area contributed by atoms with Gasteiger partial charge >= 0.3 is 0 Å². The van der Waals surface area contributed by atoms with Crippen molar-refractivity contribution >= 4 is 21.6 Å². The van der Waals surface area contributed by atoms with Crippen molar-refractivity contribution in [3.63, 3.8) is 0 Å². The second-order valence-corrected chi connectivity index (χ2v) is 7.21. The number of rotatable bonds is 3. The monoisotopic (exact) mass is 253 g/mol. The Balaban J connectivity index is 2.79. The maximum atomic E-state index is 12.1. The summed E-state index contributed by atoms with van der Waals surface area (Å²) in [4.78, 5) is 0. The van der Waals surface area contributed by atoms with E-state index in [9.17, 15) is 8.42 Å². The molecule has 3 atom stereocenters. The van der Waals surface area contributed by atoms with E-state index in [0.717, 1.165) is 12.8 Å². The highest BCUT2D eigenvalue weighted by molar-refractivity contribution is 7.89. The number of alkyl halides is 1. The average molecular weight is 254 g/mol. The zero-order valence-corrected chi connectivity index (χ0v) is 11.2. The third-order valence-corrected chi connectivity index (χ3v) is 6.16. The van der Waals surface area contributed by atoms with Gasteiger partial charge in [-0.25, -0.2) is 8.42 Å². The topological polar surface area (TPSA) is 37.4 Å². The highest BCUT2D eigenvalue weighted by atomic mass is 35.5. The van der Waals surface area contributed by atoms with Gasteiger partial charge in [0.05, 0.1) is 5.25 Å². The summed E-state index contributed by atoms with van der Waals surface area (Å²) in [6.07, 6.45) is 1.91. The standard InChI is InChI=1S/C10H20ClNO2S/c1-8-4-5-12(9(2)6-8)15(13,14)10(3)7-11/h8-10H,4-7H2,1-3H3. The van der Waals surface area contributed by atoms with Gasteiger partial charge in [-0.1, -0.05) is 6.92 Å². The maximum absolute atomic E-state index is 12.1. The number of sulfonamides is 1. The molecule has 15 heavy (non-hydrogen) atoms. The molecule has 0 N–H and O–H groups in total. The predicted molar refractivity (Wildman–Crippen MR) is 63.7 cm³/mol. The van der Waals surface area contributed by atoms with Gasteiger partial charge in [0.1, 0.15) is 0 Å². The van der Waals surface area contributed by atoms with Gasteiger partial charge in [-0.15, -0.1) is 11.6 Å². The van der Waals surface area contributed by atoms with Gasteiger partial charge in [0.15, 0.2) is 0 Å². The first-order valence-electron chi connectivity index (χ1n) is 5.46. The summed E-state index contributed by atoms with van der Waals surface area (Å²) in [5.74, 6) is 0.791. The Morgan fingerprint density at radius 3 is 2.53 bits per heavy atom. The predicted octanol–water partition coefficient (Wildman–Crippen LogP) is 2.06. The summed E-state index contributed by atoms with van der Waals surface area (Å²) in [7, 11) is -3.18. The zero-order valence-electron chi connectivity index (χ0n) is 9.61. The van der Waals surface area contributed by atoms with Crippen LogP contribution in [0.4, 0.5) is 0 Å². The minimum absolute atomic E-state index is 0.115. The van der Waals surface area contributed by atoms with Crippen molar-refractivity contribution in [1.29, 1.82) is 0 Å². The Labute approximate surface area is 97.8 Å². The van der Waals surface area contributed by atoms with Crippen LogP contribution in [0.3, 0.4) is 0 Å². The molecule has 0 aromatic rings. The fourth-order valence-corrected chi connectivity index (χ4v) is 4.12. The number of piperidine rings is 1. The molecular weight excluding hydrogens is 234 g/mol. The maximum Gasteiger partial charge on any atom is 0.218 e. The van der Waals surface area contributed by atoms with E-state index in [0.29, 0.717) is 12.5 Å². The van der Waals surface area contributed by atoms with E-state index >= 15 is 0 Å². The third kappa shape index (κ3) is 2.86. The van der Waals surface area contributed by atoms with E-state index in [1.54, 1.807) is 11.2 Å². The average Bonchev–Trinajstić information content (AvgIpc) is 2.15. The molecular formula is C10H20ClNO2S. The smallest absolute Gasteiger partial charge is 0.212 e. The summed E-state index contributed by atoms with van der Waals surface area (Å²) in [5, 5.41) is -0.477. The summed E-state index contributed by atoms with van der Waals surface area (Å²) < 4.78 is 25.8. The summed E-state index contributed by atoms with van der Waals surface area (Å²) in [6.45, 7) is 6.47. The molecule has 1 fully saturated rings. The Morgan fingerprint density at radius 2 is 2.07 bits per heavy atom. The van der Waals surface area contributed by atoms with Crippen molar-refractivity contribution in [2.45, 2.75) is 44.9 Å². The van der Waals surface area contributed by atoms with Crippen molar-refractivity contribution in [2.75, 3.05) is 12.4 Å². The number of nitrogens with zero attached hydrogens (tertiary/aromatic N) is 1. The molecule has 5 heteroatoms. The number of halogens is 1. The molecule has 90 valence electrons. The van der Waals surface area contributed by atoms with Crippen LogP contribution in [0.15, 0.2) is 0 Å². The van der Waals surface area contributed by atoms with E-state index in [-0.39, 0.29) is 11.9 Å². The van der Waals surface area contributed by atoms with E-state index in [2.05, 4.69) is 6.92 Å². The highest BCUT2D eigenvalue weighted by Crippen LogP contribution is 2.26. The molecule has 0 spiro atoms. The van der Waals surface area contributed by atoms with Crippen LogP contribution in [0.25, 0.3) is 0 Å². The second kappa shape index (κ2) is 5.02. The van der Waals surface area contributed by atoms with E-state index < -0.39 is 15.3 Å². The van der Waals surface area contributed by atoms with Crippen molar-refractivity contribution in [3.8, 4) is 0 Å². The molecule has 0 bridgehead atoms. The van der Waals surface area contributed by atoms with Gasteiger partial charge in [0, 0.05) is 18.5 Å². The van der Waals surface area contributed by atoms with Crippen LogP contribution < -0.4 is 0 Å². The first-order chi connectivity index (χ1) is 6.89. The normalized spacial score (nSPS) is 31.5. The lowest BCUT2D eigenvalue weighted by Gasteiger charge is -2.36. The lowest BCUT2D eigenvalue weighted by atomic mass is 9.95. The van der Waals surface area contributed by atoms with Crippen LogP contribution in [-0.4, -0.2) is 36.4 Å². The Bertz CT molecular complexity index is 305. The molecule has 0 radical (unpaired) electrons. The first-order valence-corrected chi connectivity index (χ1v) is 7.50.